The Labute approximate surface area is 107 Å². The molecule has 0 heterocycles. The number of aliphatic carboxylic acids is 1. The molecule has 0 aromatic carbocycles. The van der Waals surface area contributed by atoms with Gasteiger partial charge in [-0.1, -0.05) is 13.8 Å². The van der Waals surface area contributed by atoms with Crippen LogP contribution in [0.25, 0.3) is 0 Å². The Morgan fingerprint density at radius 2 is 1.89 bits per heavy atom. The Kier molecular flexibility index (Phi) is 2.93. The van der Waals surface area contributed by atoms with Crippen molar-refractivity contribution in [1.82, 2.24) is 5.32 Å². The number of rotatable bonds is 4. The SMILES string of the molecule is CO[C@]1(C)C[C@H](NC(=O)[C@H]2C[C@H]2C(=O)O)C1(C)C. The number of carboxylic acids is 1. The lowest BCUT2D eigenvalue weighted by atomic mass is 9.56. The fourth-order valence-corrected chi connectivity index (χ4v) is 2.76. The number of ether oxygens (including phenoxy) is 1. The molecular weight excluding hydrogens is 234 g/mol. The molecule has 0 spiro atoms. The number of nitrogens with one attached hydrogen (secondary N) is 1. The van der Waals surface area contributed by atoms with Crippen molar-refractivity contribution in [2.75, 3.05) is 7.11 Å². The van der Waals surface area contributed by atoms with Crippen LogP contribution in [-0.4, -0.2) is 35.7 Å². The van der Waals surface area contributed by atoms with Crippen LogP contribution in [0.4, 0.5) is 0 Å². The quantitative estimate of drug-likeness (QED) is 0.786. The molecule has 5 heteroatoms. The summed E-state index contributed by atoms with van der Waals surface area (Å²) in [6, 6.07) is 0.0602. The molecule has 0 bridgehead atoms. The van der Waals surface area contributed by atoms with E-state index in [2.05, 4.69) is 19.2 Å². The van der Waals surface area contributed by atoms with Gasteiger partial charge in [-0.25, -0.2) is 0 Å². The summed E-state index contributed by atoms with van der Waals surface area (Å²) in [5, 5.41) is 11.8. The van der Waals surface area contributed by atoms with Gasteiger partial charge in [-0.15, -0.1) is 0 Å². The topological polar surface area (TPSA) is 75.6 Å². The zero-order chi connectivity index (χ0) is 13.7. The summed E-state index contributed by atoms with van der Waals surface area (Å²) in [4.78, 5) is 22.6. The van der Waals surface area contributed by atoms with Gasteiger partial charge in [-0.3, -0.25) is 9.59 Å². The van der Waals surface area contributed by atoms with Gasteiger partial charge in [-0.05, 0) is 19.8 Å². The van der Waals surface area contributed by atoms with E-state index in [-0.39, 0.29) is 28.9 Å². The number of hydrogen-bond acceptors (Lipinski definition) is 3. The Balaban J connectivity index is 1.90. The van der Waals surface area contributed by atoms with E-state index in [4.69, 9.17) is 9.84 Å². The molecule has 5 nitrogen and oxygen atoms in total. The van der Waals surface area contributed by atoms with Gasteiger partial charge in [0.2, 0.25) is 5.91 Å². The Hall–Kier alpha value is -1.10. The third kappa shape index (κ3) is 1.81. The summed E-state index contributed by atoms with van der Waals surface area (Å²) in [6.07, 6.45) is 1.24. The van der Waals surface area contributed by atoms with Crippen molar-refractivity contribution in [1.29, 1.82) is 0 Å². The van der Waals surface area contributed by atoms with Crippen molar-refractivity contribution in [3.05, 3.63) is 0 Å². The number of hydrogen-bond donors (Lipinski definition) is 2. The summed E-state index contributed by atoms with van der Waals surface area (Å²) < 4.78 is 5.49. The number of amides is 1. The molecule has 2 rings (SSSR count). The molecule has 2 N–H and O–H groups in total. The van der Waals surface area contributed by atoms with Crippen LogP contribution < -0.4 is 5.32 Å². The zero-order valence-corrected chi connectivity index (χ0v) is 11.3. The van der Waals surface area contributed by atoms with Gasteiger partial charge in [0.1, 0.15) is 0 Å². The molecule has 2 fully saturated rings. The number of methoxy groups -OCH3 is 1. The van der Waals surface area contributed by atoms with Gasteiger partial charge in [0.25, 0.3) is 0 Å². The molecule has 1 amide bonds. The van der Waals surface area contributed by atoms with Crippen LogP contribution in [-0.2, 0) is 14.3 Å². The van der Waals surface area contributed by atoms with Gasteiger partial charge in [0.05, 0.1) is 17.4 Å². The van der Waals surface area contributed by atoms with Crippen molar-refractivity contribution in [2.24, 2.45) is 17.3 Å². The van der Waals surface area contributed by atoms with Crippen LogP contribution in [0.5, 0.6) is 0 Å². The molecule has 102 valence electrons. The minimum atomic E-state index is -0.871. The second kappa shape index (κ2) is 3.95. The summed E-state index contributed by atoms with van der Waals surface area (Å²) >= 11 is 0. The molecule has 2 saturated carbocycles. The third-order valence-corrected chi connectivity index (χ3v) is 5.04. The highest BCUT2D eigenvalue weighted by atomic mass is 16.5. The Morgan fingerprint density at radius 3 is 2.28 bits per heavy atom. The minimum absolute atomic E-state index is 0.0602. The van der Waals surface area contributed by atoms with Crippen molar-refractivity contribution < 1.29 is 19.4 Å². The van der Waals surface area contributed by atoms with Gasteiger partial charge in [0.15, 0.2) is 0 Å². The second-order valence-electron chi connectivity index (χ2n) is 6.21. The highest BCUT2D eigenvalue weighted by Crippen LogP contribution is 2.52. The van der Waals surface area contributed by atoms with E-state index in [0.717, 1.165) is 6.42 Å². The number of carbonyl (C=O) groups excluding carboxylic acids is 1. The van der Waals surface area contributed by atoms with Crippen molar-refractivity contribution in [3.8, 4) is 0 Å². The standard InChI is InChI=1S/C13H21NO4/c1-12(2)9(6-13(12,3)18-4)14-10(15)7-5-8(7)11(16)17/h7-9H,5-6H2,1-4H3,(H,14,15)(H,16,17)/t7-,8+,9-,13+/m0/s1. The molecule has 4 atom stereocenters. The lowest BCUT2D eigenvalue weighted by Crippen LogP contribution is -2.68. The zero-order valence-electron chi connectivity index (χ0n) is 11.3. The molecule has 0 aliphatic heterocycles. The van der Waals surface area contributed by atoms with Gasteiger partial charge in [0, 0.05) is 18.6 Å². The van der Waals surface area contributed by atoms with Crippen molar-refractivity contribution >= 4 is 11.9 Å². The van der Waals surface area contributed by atoms with E-state index < -0.39 is 11.9 Å². The fourth-order valence-electron chi connectivity index (χ4n) is 2.76. The molecule has 0 radical (unpaired) electrons. The van der Waals surface area contributed by atoms with E-state index in [0.29, 0.717) is 6.42 Å². The van der Waals surface area contributed by atoms with Crippen molar-refractivity contribution in [2.45, 2.75) is 45.3 Å². The third-order valence-electron chi connectivity index (χ3n) is 5.04. The average molecular weight is 255 g/mol. The maximum atomic E-state index is 11.9. The highest BCUT2D eigenvalue weighted by molar-refractivity contribution is 5.89. The molecule has 18 heavy (non-hydrogen) atoms. The van der Waals surface area contributed by atoms with Crippen LogP contribution >= 0.6 is 0 Å². The largest absolute Gasteiger partial charge is 0.481 e. The first-order valence-corrected chi connectivity index (χ1v) is 6.31. The van der Waals surface area contributed by atoms with Crippen LogP contribution in [0.3, 0.4) is 0 Å². The molecule has 2 aliphatic rings. The highest BCUT2D eigenvalue weighted by Gasteiger charge is 2.59. The first-order chi connectivity index (χ1) is 8.23. The maximum Gasteiger partial charge on any atom is 0.307 e. The van der Waals surface area contributed by atoms with Gasteiger partial charge < -0.3 is 15.2 Å². The van der Waals surface area contributed by atoms with Gasteiger partial charge in [-0.2, -0.15) is 0 Å². The molecular formula is C13H21NO4. The number of carbonyl (C=O) groups is 2. The van der Waals surface area contributed by atoms with E-state index in [1.165, 1.54) is 0 Å². The van der Waals surface area contributed by atoms with E-state index in [9.17, 15) is 9.59 Å². The molecule has 2 aliphatic carbocycles. The lowest BCUT2D eigenvalue weighted by molar-refractivity contribution is -0.182. The molecule has 0 unspecified atom stereocenters. The first kappa shape index (κ1) is 13.3. The average Bonchev–Trinajstić information content (AvgIpc) is 3.07. The van der Waals surface area contributed by atoms with Gasteiger partial charge >= 0.3 is 5.97 Å². The van der Waals surface area contributed by atoms with Crippen LogP contribution in [0.2, 0.25) is 0 Å². The summed E-state index contributed by atoms with van der Waals surface area (Å²) in [7, 11) is 1.68. The lowest BCUT2D eigenvalue weighted by Gasteiger charge is -2.59. The summed E-state index contributed by atoms with van der Waals surface area (Å²) in [5.74, 6) is -1.82. The monoisotopic (exact) mass is 255 g/mol. The number of carboxylic acid groups (broad SMARTS) is 1. The first-order valence-electron chi connectivity index (χ1n) is 6.31. The predicted octanol–water partition coefficient (Wildman–Crippen LogP) is 1.03. The van der Waals surface area contributed by atoms with E-state index in [1.807, 2.05) is 6.92 Å². The van der Waals surface area contributed by atoms with E-state index in [1.54, 1.807) is 7.11 Å². The second-order valence-corrected chi connectivity index (χ2v) is 6.21. The Morgan fingerprint density at radius 1 is 1.28 bits per heavy atom. The molecule has 0 saturated heterocycles. The van der Waals surface area contributed by atoms with Crippen molar-refractivity contribution in [3.63, 3.8) is 0 Å². The summed E-state index contributed by atoms with van der Waals surface area (Å²) in [6.45, 7) is 6.16. The predicted molar refractivity (Wildman–Crippen MR) is 65.0 cm³/mol. The Bertz CT molecular complexity index is 392. The van der Waals surface area contributed by atoms with Crippen LogP contribution in [0.1, 0.15) is 33.6 Å². The van der Waals surface area contributed by atoms with Crippen LogP contribution in [0, 0.1) is 17.3 Å². The maximum absolute atomic E-state index is 11.9. The summed E-state index contributed by atoms with van der Waals surface area (Å²) in [5.41, 5.74) is -0.355. The van der Waals surface area contributed by atoms with E-state index >= 15 is 0 Å². The molecule has 0 aromatic heterocycles. The van der Waals surface area contributed by atoms with Crippen LogP contribution in [0.15, 0.2) is 0 Å². The smallest absolute Gasteiger partial charge is 0.307 e. The normalized spacial score (nSPS) is 40.8. The molecule has 0 aromatic rings. The minimum Gasteiger partial charge on any atom is -0.481 e. The fraction of sp³-hybridized carbons (Fsp3) is 0.846.